The number of hydrazine groups is 1. The molecule has 0 heterocycles. The summed E-state index contributed by atoms with van der Waals surface area (Å²) in [6.07, 6.45) is 6.09. The number of nitrogens with one attached hydrogen (secondary N) is 3. The van der Waals surface area contributed by atoms with E-state index in [0.717, 1.165) is 18.4 Å². The van der Waals surface area contributed by atoms with E-state index in [0.29, 0.717) is 16.7 Å². The van der Waals surface area contributed by atoms with Crippen LogP contribution in [-0.2, 0) is 0 Å². The van der Waals surface area contributed by atoms with Gasteiger partial charge in [-0.05, 0) is 44.1 Å². The van der Waals surface area contributed by atoms with Crippen LogP contribution in [0.5, 0.6) is 0 Å². The average molecular weight is 291 g/mol. The van der Waals surface area contributed by atoms with Crippen molar-refractivity contribution >= 4 is 23.2 Å². The van der Waals surface area contributed by atoms with E-state index in [1.54, 1.807) is 12.1 Å². The molecule has 1 aliphatic rings. The molecule has 0 bridgehead atoms. The summed E-state index contributed by atoms with van der Waals surface area (Å²) in [5.74, 6) is -0.183. The Morgan fingerprint density at radius 1 is 1.10 bits per heavy atom. The minimum atomic E-state index is -0.183. The maximum atomic E-state index is 11.9. The number of hydrogen-bond donors (Lipinski definition) is 3. The van der Waals surface area contributed by atoms with Gasteiger partial charge >= 0.3 is 0 Å². The van der Waals surface area contributed by atoms with Crippen LogP contribution in [0.3, 0.4) is 0 Å². The molecule has 2 rings (SSSR count). The third-order valence-corrected chi connectivity index (χ3v) is 3.76. The highest BCUT2D eigenvalue weighted by molar-refractivity contribution is 7.80. The van der Waals surface area contributed by atoms with E-state index in [4.69, 9.17) is 12.2 Å². The van der Waals surface area contributed by atoms with Gasteiger partial charge in [0, 0.05) is 11.6 Å². The molecule has 108 valence electrons. The van der Waals surface area contributed by atoms with Crippen molar-refractivity contribution in [3.8, 4) is 0 Å². The highest BCUT2D eigenvalue weighted by Crippen LogP contribution is 2.17. The molecule has 0 spiro atoms. The summed E-state index contributed by atoms with van der Waals surface area (Å²) in [6.45, 7) is 1.99. The molecule has 5 heteroatoms. The van der Waals surface area contributed by atoms with Crippen LogP contribution in [0.2, 0.25) is 0 Å². The molecule has 1 aromatic rings. The predicted molar refractivity (Wildman–Crippen MR) is 84.4 cm³/mol. The number of rotatable bonds is 2. The van der Waals surface area contributed by atoms with Gasteiger partial charge in [0.1, 0.15) is 0 Å². The molecule has 0 unspecified atom stereocenters. The third-order valence-electron chi connectivity index (χ3n) is 3.54. The monoisotopic (exact) mass is 291 g/mol. The van der Waals surface area contributed by atoms with E-state index < -0.39 is 0 Å². The van der Waals surface area contributed by atoms with Crippen molar-refractivity contribution < 1.29 is 4.79 Å². The molecule has 1 saturated carbocycles. The number of amides is 1. The lowest BCUT2D eigenvalue weighted by atomic mass is 9.96. The van der Waals surface area contributed by atoms with E-state index >= 15 is 0 Å². The molecular formula is C15H21N3OS. The smallest absolute Gasteiger partial charge is 0.269 e. The van der Waals surface area contributed by atoms with Gasteiger partial charge in [-0.25, -0.2) is 0 Å². The molecule has 20 heavy (non-hydrogen) atoms. The number of thiocarbonyl (C=S) groups is 1. The molecule has 3 N–H and O–H groups in total. The van der Waals surface area contributed by atoms with Crippen LogP contribution in [0.1, 0.15) is 48.0 Å². The molecule has 0 saturated heterocycles. The first-order valence-corrected chi connectivity index (χ1v) is 7.49. The van der Waals surface area contributed by atoms with E-state index in [-0.39, 0.29) is 5.91 Å². The van der Waals surface area contributed by atoms with Crippen molar-refractivity contribution in [3.63, 3.8) is 0 Å². The van der Waals surface area contributed by atoms with Gasteiger partial charge in [0.25, 0.3) is 5.91 Å². The van der Waals surface area contributed by atoms with Gasteiger partial charge in [0.05, 0.1) is 0 Å². The van der Waals surface area contributed by atoms with Crippen LogP contribution < -0.4 is 16.2 Å². The molecule has 0 atom stereocenters. The van der Waals surface area contributed by atoms with Gasteiger partial charge < -0.3 is 5.32 Å². The maximum Gasteiger partial charge on any atom is 0.269 e. The summed E-state index contributed by atoms with van der Waals surface area (Å²) < 4.78 is 0. The standard InChI is InChI=1S/C15H21N3OS/c1-11-7-9-12(10-8-11)14(19)17-18-15(20)16-13-5-3-2-4-6-13/h7-10,13H,2-6H2,1H3,(H,17,19)(H2,16,18,20). The van der Waals surface area contributed by atoms with Crippen LogP contribution in [0.15, 0.2) is 24.3 Å². The summed E-state index contributed by atoms with van der Waals surface area (Å²) in [6, 6.07) is 7.84. The van der Waals surface area contributed by atoms with Gasteiger partial charge in [-0.2, -0.15) is 0 Å². The van der Waals surface area contributed by atoms with Crippen LogP contribution in [0.4, 0.5) is 0 Å². The summed E-state index contributed by atoms with van der Waals surface area (Å²) in [4.78, 5) is 11.9. The van der Waals surface area contributed by atoms with Gasteiger partial charge in [-0.3, -0.25) is 15.6 Å². The Bertz CT molecular complexity index is 467. The van der Waals surface area contributed by atoms with Crippen molar-refractivity contribution in [3.05, 3.63) is 35.4 Å². The first kappa shape index (κ1) is 14.8. The summed E-state index contributed by atoms with van der Waals surface area (Å²) in [7, 11) is 0. The summed E-state index contributed by atoms with van der Waals surface area (Å²) in [5, 5.41) is 3.72. The minimum Gasteiger partial charge on any atom is -0.359 e. The fraction of sp³-hybridized carbons (Fsp3) is 0.467. The molecule has 1 fully saturated rings. The summed E-state index contributed by atoms with van der Waals surface area (Å²) >= 11 is 5.19. The average Bonchev–Trinajstić information content (AvgIpc) is 2.46. The second-order valence-electron chi connectivity index (χ2n) is 5.25. The maximum absolute atomic E-state index is 11.9. The Hall–Kier alpha value is -1.62. The molecule has 1 amide bonds. The van der Waals surface area contributed by atoms with Crippen molar-refractivity contribution in [2.24, 2.45) is 0 Å². The normalized spacial score (nSPS) is 15.4. The lowest BCUT2D eigenvalue weighted by Gasteiger charge is -2.24. The van der Waals surface area contributed by atoms with Crippen LogP contribution in [-0.4, -0.2) is 17.1 Å². The molecule has 1 aromatic carbocycles. The molecule has 0 radical (unpaired) electrons. The van der Waals surface area contributed by atoms with Gasteiger partial charge in [0.15, 0.2) is 5.11 Å². The van der Waals surface area contributed by atoms with Crippen molar-refractivity contribution in [1.29, 1.82) is 0 Å². The van der Waals surface area contributed by atoms with Gasteiger partial charge in [-0.15, -0.1) is 0 Å². The van der Waals surface area contributed by atoms with E-state index in [1.807, 2.05) is 19.1 Å². The van der Waals surface area contributed by atoms with Crippen molar-refractivity contribution in [1.82, 2.24) is 16.2 Å². The molecule has 4 nitrogen and oxygen atoms in total. The predicted octanol–water partition coefficient (Wildman–Crippen LogP) is 2.44. The number of hydrogen-bond acceptors (Lipinski definition) is 2. The number of carbonyl (C=O) groups is 1. The second-order valence-corrected chi connectivity index (χ2v) is 5.66. The minimum absolute atomic E-state index is 0.183. The Morgan fingerprint density at radius 3 is 2.40 bits per heavy atom. The fourth-order valence-corrected chi connectivity index (χ4v) is 2.58. The molecular weight excluding hydrogens is 270 g/mol. The van der Waals surface area contributed by atoms with E-state index in [1.165, 1.54) is 19.3 Å². The zero-order valence-electron chi connectivity index (χ0n) is 11.7. The number of carbonyl (C=O) groups excluding carboxylic acids is 1. The number of aryl methyl sites for hydroxylation is 1. The zero-order chi connectivity index (χ0) is 14.4. The fourth-order valence-electron chi connectivity index (χ4n) is 2.36. The lowest BCUT2D eigenvalue weighted by molar-refractivity contribution is 0.0943. The largest absolute Gasteiger partial charge is 0.359 e. The van der Waals surface area contributed by atoms with Gasteiger partial charge in [-0.1, -0.05) is 37.0 Å². The van der Waals surface area contributed by atoms with E-state index in [9.17, 15) is 4.79 Å². The highest BCUT2D eigenvalue weighted by atomic mass is 32.1. The Balaban J connectivity index is 1.75. The van der Waals surface area contributed by atoms with Gasteiger partial charge in [0.2, 0.25) is 0 Å². The topological polar surface area (TPSA) is 53.2 Å². The summed E-state index contributed by atoms with van der Waals surface area (Å²) in [5.41, 5.74) is 7.12. The Labute approximate surface area is 125 Å². The van der Waals surface area contributed by atoms with Crippen LogP contribution in [0.25, 0.3) is 0 Å². The molecule has 0 aromatic heterocycles. The Morgan fingerprint density at radius 2 is 1.75 bits per heavy atom. The van der Waals surface area contributed by atoms with Crippen LogP contribution >= 0.6 is 12.2 Å². The van der Waals surface area contributed by atoms with Crippen molar-refractivity contribution in [2.75, 3.05) is 0 Å². The van der Waals surface area contributed by atoms with Crippen molar-refractivity contribution in [2.45, 2.75) is 45.1 Å². The first-order chi connectivity index (χ1) is 9.65. The third kappa shape index (κ3) is 4.49. The number of benzene rings is 1. The Kier molecular flexibility index (Phi) is 5.35. The zero-order valence-corrected chi connectivity index (χ0v) is 12.6. The van der Waals surface area contributed by atoms with Crippen LogP contribution in [0, 0.1) is 6.92 Å². The molecule has 1 aliphatic carbocycles. The second kappa shape index (κ2) is 7.24. The lowest BCUT2D eigenvalue weighted by Crippen LogP contribution is -2.50. The first-order valence-electron chi connectivity index (χ1n) is 7.08. The molecule has 0 aliphatic heterocycles. The SMILES string of the molecule is Cc1ccc(C(=O)NNC(=S)NC2CCCCC2)cc1. The quantitative estimate of drug-likeness (QED) is 0.579. The van der Waals surface area contributed by atoms with E-state index in [2.05, 4.69) is 16.2 Å². The highest BCUT2D eigenvalue weighted by Gasteiger charge is 2.14.